The summed E-state index contributed by atoms with van der Waals surface area (Å²) in [7, 11) is 0. The lowest BCUT2D eigenvalue weighted by Gasteiger charge is -2.20. The minimum atomic E-state index is -0.837. The van der Waals surface area contributed by atoms with Crippen LogP contribution in [0.2, 0.25) is 0 Å². The van der Waals surface area contributed by atoms with Crippen LogP contribution < -0.4 is 0 Å². The smallest absolute Gasteiger partial charge is 0.198 e. The first-order valence-corrected chi connectivity index (χ1v) is 6.77. The highest BCUT2D eigenvalue weighted by molar-refractivity contribution is 6.07. The Morgan fingerprint density at radius 2 is 1.85 bits per heavy atom. The van der Waals surface area contributed by atoms with E-state index in [2.05, 4.69) is 0 Å². The van der Waals surface area contributed by atoms with Gasteiger partial charge in [0.05, 0.1) is 0 Å². The lowest BCUT2D eigenvalue weighted by atomic mass is 9.79. The van der Waals surface area contributed by atoms with Crippen molar-refractivity contribution in [2.45, 2.75) is 24.5 Å². The highest BCUT2D eigenvalue weighted by Crippen LogP contribution is 2.56. The molecule has 1 spiro atoms. The zero-order chi connectivity index (χ0) is 13.7. The molecule has 2 nitrogen and oxygen atoms in total. The maximum absolute atomic E-state index is 13.9. The molecular weight excluding hydrogens is 255 g/mol. The molecule has 1 heterocycles. The molecule has 0 radical (unpaired) electrons. The monoisotopic (exact) mass is 268 g/mol. The van der Waals surface area contributed by atoms with Crippen LogP contribution >= 0.6 is 0 Å². The zero-order valence-corrected chi connectivity index (χ0v) is 10.8. The van der Waals surface area contributed by atoms with Gasteiger partial charge < -0.3 is 4.74 Å². The molecule has 2 aromatic rings. The summed E-state index contributed by atoms with van der Waals surface area (Å²) in [6, 6.07) is 14.1. The molecule has 0 amide bonds. The Balaban J connectivity index is 1.73. The van der Waals surface area contributed by atoms with Gasteiger partial charge >= 0.3 is 0 Å². The molecule has 1 aliphatic heterocycles. The third-order valence-corrected chi connectivity index (χ3v) is 4.29. The highest BCUT2D eigenvalue weighted by atomic mass is 19.1. The Morgan fingerprint density at radius 1 is 1.10 bits per heavy atom. The number of ketones is 1. The number of halogens is 1. The molecule has 2 aliphatic rings. The second kappa shape index (κ2) is 4.00. The minimum Gasteiger partial charge on any atom is -0.352 e. The fourth-order valence-corrected chi connectivity index (χ4v) is 3.16. The van der Waals surface area contributed by atoms with E-state index in [1.165, 1.54) is 6.07 Å². The predicted molar refractivity (Wildman–Crippen MR) is 72.1 cm³/mol. The zero-order valence-electron chi connectivity index (χ0n) is 10.8. The standard InChI is InChI=1S/C17H13FO2/c18-14-8-4-3-7-13(14)16-17(20-16)10-9-11-5-1-2-6-12(11)15(17)19/h1-8,16H,9-10H2. The van der Waals surface area contributed by atoms with Gasteiger partial charge in [-0.15, -0.1) is 0 Å². The topological polar surface area (TPSA) is 29.6 Å². The maximum Gasteiger partial charge on any atom is 0.198 e. The van der Waals surface area contributed by atoms with Crippen LogP contribution in [0.25, 0.3) is 0 Å². The Labute approximate surface area is 116 Å². The largest absolute Gasteiger partial charge is 0.352 e. The summed E-state index contributed by atoms with van der Waals surface area (Å²) in [4.78, 5) is 12.6. The third kappa shape index (κ3) is 1.50. The van der Waals surface area contributed by atoms with Gasteiger partial charge in [0, 0.05) is 11.1 Å². The summed E-state index contributed by atoms with van der Waals surface area (Å²) >= 11 is 0. The van der Waals surface area contributed by atoms with E-state index in [-0.39, 0.29) is 11.6 Å². The molecule has 100 valence electrons. The average Bonchev–Trinajstić information content (AvgIpc) is 3.19. The summed E-state index contributed by atoms with van der Waals surface area (Å²) in [6.07, 6.45) is 0.985. The summed E-state index contributed by atoms with van der Waals surface area (Å²) in [5.41, 5.74) is 1.43. The van der Waals surface area contributed by atoms with Gasteiger partial charge in [-0.05, 0) is 24.5 Å². The summed E-state index contributed by atoms with van der Waals surface area (Å²) in [5, 5.41) is 0. The number of ether oxygens (including phenoxy) is 1. The molecule has 1 fully saturated rings. The van der Waals surface area contributed by atoms with Gasteiger partial charge in [0.15, 0.2) is 11.4 Å². The Hall–Kier alpha value is -2.00. The van der Waals surface area contributed by atoms with Crippen molar-refractivity contribution >= 4 is 5.78 Å². The van der Waals surface area contributed by atoms with E-state index in [0.717, 1.165) is 17.5 Å². The molecule has 0 aromatic heterocycles. The molecule has 0 bridgehead atoms. The molecule has 3 heteroatoms. The fourth-order valence-electron chi connectivity index (χ4n) is 3.16. The van der Waals surface area contributed by atoms with E-state index in [4.69, 9.17) is 4.74 Å². The van der Waals surface area contributed by atoms with Gasteiger partial charge in [0.1, 0.15) is 11.9 Å². The van der Waals surface area contributed by atoms with Gasteiger partial charge in [0.25, 0.3) is 0 Å². The second-order valence-electron chi connectivity index (χ2n) is 5.40. The van der Waals surface area contributed by atoms with Crippen molar-refractivity contribution in [1.29, 1.82) is 0 Å². The molecule has 0 saturated carbocycles. The second-order valence-corrected chi connectivity index (χ2v) is 5.40. The predicted octanol–water partition coefficient (Wildman–Crippen LogP) is 3.46. The van der Waals surface area contributed by atoms with Crippen molar-refractivity contribution < 1.29 is 13.9 Å². The summed E-state index contributed by atoms with van der Waals surface area (Å²) in [5.74, 6) is -0.311. The number of carbonyl (C=O) groups excluding carboxylic acids is 1. The molecule has 0 N–H and O–H groups in total. The molecule has 2 aromatic carbocycles. The number of hydrogen-bond acceptors (Lipinski definition) is 2. The van der Waals surface area contributed by atoms with Crippen LogP contribution in [0.1, 0.15) is 34.0 Å². The number of Topliss-reactive ketones (excluding diaryl/α,β-unsaturated/α-hetero) is 1. The highest BCUT2D eigenvalue weighted by Gasteiger charge is 2.64. The number of rotatable bonds is 1. The van der Waals surface area contributed by atoms with Crippen molar-refractivity contribution in [3.05, 3.63) is 71.0 Å². The van der Waals surface area contributed by atoms with E-state index in [1.807, 2.05) is 24.3 Å². The van der Waals surface area contributed by atoms with Gasteiger partial charge in [-0.1, -0.05) is 42.5 Å². The Morgan fingerprint density at radius 3 is 2.70 bits per heavy atom. The first-order valence-electron chi connectivity index (χ1n) is 6.77. The first-order chi connectivity index (χ1) is 9.72. The van der Waals surface area contributed by atoms with Gasteiger partial charge in [0.2, 0.25) is 0 Å². The summed E-state index contributed by atoms with van der Waals surface area (Å²) < 4.78 is 19.5. The lowest BCUT2D eigenvalue weighted by Crippen LogP contribution is -2.31. The third-order valence-electron chi connectivity index (χ3n) is 4.29. The van der Waals surface area contributed by atoms with Crippen molar-refractivity contribution in [1.82, 2.24) is 0 Å². The number of hydrogen-bond donors (Lipinski definition) is 0. The van der Waals surface area contributed by atoms with Crippen LogP contribution in [0, 0.1) is 5.82 Å². The number of fused-ring (bicyclic) bond motifs is 1. The molecule has 1 aliphatic carbocycles. The fraction of sp³-hybridized carbons (Fsp3) is 0.235. The van der Waals surface area contributed by atoms with Gasteiger partial charge in [-0.2, -0.15) is 0 Å². The van der Waals surface area contributed by atoms with Crippen LogP contribution in [0.4, 0.5) is 4.39 Å². The molecule has 2 atom stereocenters. The van der Waals surface area contributed by atoms with E-state index < -0.39 is 11.7 Å². The maximum atomic E-state index is 13.9. The van der Waals surface area contributed by atoms with E-state index in [1.54, 1.807) is 18.2 Å². The first kappa shape index (κ1) is 11.8. The lowest BCUT2D eigenvalue weighted by molar-refractivity contribution is 0.0850. The molecule has 2 unspecified atom stereocenters. The van der Waals surface area contributed by atoms with E-state index in [9.17, 15) is 9.18 Å². The van der Waals surface area contributed by atoms with Crippen molar-refractivity contribution in [3.63, 3.8) is 0 Å². The SMILES string of the molecule is O=C1c2ccccc2CCC12OC2c1ccccc1F. The van der Waals surface area contributed by atoms with Crippen LogP contribution in [0.15, 0.2) is 48.5 Å². The molecule has 4 rings (SSSR count). The minimum absolute atomic E-state index is 0.00685. The van der Waals surface area contributed by atoms with Gasteiger partial charge in [-0.25, -0.2) is 4.39 Å². The van der Waals surface area contributed by atoms with E-state index >= 15 is 0 Å². The van der Waals surface area contributed by atoms with Crippen molar-refractivity contribution in [2.75, 3.05) is 0 Å². The van der Waals surface area contributed by atoms with Crippen LogP contribution in [0.5, 0.6) is 0 Å². The number of carbonyl (C=O) groups is 1. The summed E-state index contributed by atoms with van der Waals surface area (Å²) in [6.45, 7) is 0. The number of benzene rings is 2. The van der Waals surface area contributed by atoms with Crippen LogP contribution in [0.3, 0.4) is 0 Å². The van der Waals surface area contributed by atoms with Crippen LogP contribution in [-0.4, -0.2) is 11.4 Å². The Bertz CT molecular complexity index is 710. The van der Waals surface area contributed by atoms with Crippen molar-refractivity contribution in [3.8, 4) is 0 Å². The molecule has 1 saturated heterocycles. The normalized spacial score (nSPS) is 27.4. The van der Waals surface area contributed by atoms with Gasteiger partial charge in [-0.3, -0.25) is 4.79 Å². The molecule has 20 heavy (non-hydrogen) atoms. The number of epoxide rings is 1. The van der Waals surface area contributed by atoms with Crippen LogP contribution in [-0.2, 0) is 11.2 Å². The molecular formula is C17H13FO2. The number of aryl methyl sites for hydroxylation is 1. The van der Waals surface area contributed by atoms with E-state index in [0.29, 0.717) is 12.0 Å². The van der Waals surface area contributed by atoms with Crippen molar-refractivity contribution in [2.24, 2.45) is 0 Å². The average molecular weight is 268 g/mol. The Kier molecular flexibility index (Phi) is 2.36. The quantitative estimate of drug-likeness (QED) is 0.741.